The molecule has 1 aliphatic carbocycles. The smallest absolute Gasteiger partial charge is 0.155 e. The Hall–Kier alpha value is -0.370. The van der Waals surface area contributed by atoms with Gasteiger partial charge in [0.15, 0.2) is 5.78 Å². The molecule has 0 spiro atoms. The molecule has 0 amide bonds. The molecule has 15 heavy (non-hydrogen) atoms. The third-order valence-electron chi connectivity index (χ3n) is 3.46. The van der Waals surface area contributed by atoms with Crippen molar-refractivity contribution in [2.75, 3.05) is 6.61 Å². The fourth-order valence-corrected chi connectivity index (χ4v) is 2.53. The quantitative estimate of drug-likeness (QED) is 0.716. The van der Waals surface area contributed by atoms with Crippen LogP contribution in [-0.4, -0.2) is 18.5 Å². The number of ketones is 1. The van der Waals surface area contributed by atoms with Gasteiger partial charge in [-0.15, -0.1) is 0 Å². The van der Waals surface area contributed by atoms with E-state index >= 15 is 0 Å². The molecular formula is C13H24O2. The van der Waals surface area contributed by atoms with E-state index in [2.05, 4.69) is 20.8 Å². The van der Waals surface area contributed by atoms with Crippen molar-refractivity contribution in [3.8, 4) is 0 Å². The lowest BCUT2D eigenvalue weighted by atomic mass is 9.75. The zero-order chi connectivity index (χ0) is 11.4. The summed E-state index contributed by atoms with van der Waals surface area (Å²) in [5.41, 5.74) is 0. The van der Waals surface area contributed by atoms with Gasteiger partial charge in [-0.25, -0.2) is 0 Å². The van der Waals surface area contributed by atoms with E-state index in [-0.39, 0.29) is 5.78 Å². The molecule has 1 fully saturated rings. The first-order valence-corrected chi connectivity index (χ1v) is 6.11. The first-order valence-electron chi connectivity index (χ1n) is 6.11. The molecule has 0 aromatic rings. The maximum atomic E-state index is 10.9. The molecule has 88 valence electrons. The lowest BCUT2D eigenvalue weighted by Crippen LogP contribution is -2.35. The fourth-order valence-electron chi connectivity index (χ4n) is 2.53. The van der Waals surface area contributed by atoms with Crippen LogP contribution in [0.3, 0.4) is 0 Å². The number of carbonyl (C=O) groups excluding carboxylic acids is 1. The molecule has 0 N–H and O–H groups in total. The Labute approximate surface area is 93.4 Å². The van der Waals surface area contributed by atoms with Crippen LogP contribution in [0.2, 0.25) is 0 Å². The average Bonchev–Trinajstić information content (AvgIpc) is 2.14. The molecule has 1 saturated carbocycles. The van der Waals surface area contributed by atoms with Crippen LogP contribution >= 0.6 is 0 Å². The third kappa shape index (κ3) is 3.94. The van der Waals surface area contributed by atoms with Gasteiger partial charge in [-0.2, -0.15) is 0 Å². The Balaban J connectivity index is 2.50. The van der Waals surface area contributed by atoms with Crippen LogP contribution in [-0.2, 0) is 9.53 Å². The molecule has 2 heteroatoms. The summed E-state index contributed by atoms with van der Waals surface area (Å²) >= 11 is 0. The van der Waals surface area contributed by atoms with Crippen molar-refractivity contribution in [1.82, 2.24) is 0 Å². The van der Waals surface area contributed by atoms with Gasteiger partial charge in [0.2, 0.25) is 0 Å². The Morgan fingerprint density at radius 2 is 2.07 bits per heavy atom. The minimum atomic E-state index is 0.135. The highest BCUT2D eigenvalue weighted by Gasteiger charge is 2.31. The van der Waals surface area contributed by atoms with Crippen LogP contribution in [0.4, 0.5) is 0 Å². The van der Waals surface area contributed by atoms with Gasteiger partial charge in [0.1, 0.15) is 6.61 Å². The van der Waals surface area contributed by atoms with Crippen LogP contribution in [0.15, 0.2) is 0 Å². The summed E-state index contributed by atoms with van der Waals surface area (Å²) in [6.07, 6.45) is 3.98. The van der Waals surface area contributed by atoms with Gasteiger partial charge in [0.05, 0.1) is 6.10 Å². The Morgan fingerprint density at radius 1 is 1.40 bits per heavy atom. The highest BCUT2D eigenvalue weighted by atomic mass is 16.5. The Kier molecular flexibility index (Phi) is 4.78. The second-order valence-corrected chi connectivity index (χ2v) is 5.38. The summed E-state index contributed by atoms with van der Waals surface area (Å²) in [5.74, 6) is 2.18. The lowest BCUT2D eigenvalue weighted by molar-refractivity contribution is -0.127. The number of Topliss-reactive ketones (excluding diaryl/α,β-unsaturated/α-hetero) is 1. The van der Waals surface area contributed by atoms with E-state index in [1.54, 1.807) is 6.92 Å². The van der Waals surface area contributed by atoms with E-state index in [9.17, 15) is 4.79 Å². The molecule has 2 unspecified atom stereocenters. The molecular weight excluding hydrogens is 188 g/mol. The van der Waals surface area contributed by atoms with Crippen LogP contribution in [0, 0.1) is 17.8 Å². The summed E-state index contributed by atoms with van der Waals surface area (Å²) in [6, 6.07) is 0. The van der Waals surface area contributed by atoms with Gasteiger partial charge < -0.3 is 4.74 Å². The van der Waals surface area contributed by atoms with Crippen molar-refractivity contribution in [3.05, 3.63) is 0 Å². The van der Waals surface area contributed by atoms with Gasteiger partial charge in [0, 0.05) is 0 Å². The first-order chi connectivity index (χ1) is 7.00. The number of hydrogen-bond acceptors (Lipinski definition) is 2. The lowest BCUT2D eigenvalue weighted by Gasteiger charge is -2.36. The molecule has 0 aliphatic heterocycles. The minimum absolute atomic E-state index is 0.135. The SMILES string of the molecule is CC(=O)COC1C[C@H](C)CCC1C(C)C. The second-order valence-electron chi connectivity index (χ2n) is 5.38. The molecule has 0 aromatic carbocycles. The number of hydrogen-bond donors (Lipinski definition) is 0. The zero-order valence-electron chi connectivity index (χ0n) is 10.5. The summed E-state index contributed by atoms with van der Waals surface area (Å²) in [6.45, 7) is 8.67. The van der Waals surface area contributed by atoms with E-state index in [4.69, 9.17) is 4.74 Å². The van der Waals surface area contributed by atoms with Gasteiger partial charge in [-0.05, 0) is 37.5 Å². The van der Waals surface area contributed by atoms with Gasteiger partial charge in [-0.3, -0.25) is 4.79 Å². The van der Waals surface area contributed by atoms with E-state index < -0.39 is 0 Å². The van der Waals surface area contributed by atoms with Crippen molar-refractivity contribution < 1.29 is 9.53 Å². The van der Waals surface area contributed by atoms with Crippen LogP contribution in [0.1, 0.15) is 47.0 Å². The standard InChI is InChI=1S/C13H24O2/c1-9(2)12-6-5-10(3)7-13(12)15-8-11(4)14/h9-10,12-13H,5-8H2,1-4H3/t10-,12?,13?/m1/s1. The average molecular weight is 212 g/mol. The zero-order valence-corrected chi connectivity index (χ0v) is 10.5. The largest absolute Gasteiger partial charge is 0.370 e. The summed E-state index contributed by atoms with van der Waals surface area (Å²) in [7, 11) is 0. The van der Waals surface area contributed by atoms with E-state index in [0.717, 1.165) is 12.3 Å². The van der Waals surface area contributed by atoms with Gasteiger partial charge in [-0.1, -0.05) is 27.2 Å². The Bertz CT molecular complexity index is 211. The van der Waals surface area contributed by atoms with E-state index in [1.807, 2.05) is 0 Å². The van der Waals surface area contributed by atoms with Crippen molar-refractivity contribution in [2.45, 2.75) is 53.1 Å². The van der Waals surface area contributed by atoms with Crippen LogP contribution in [0.25, 0.3) is 0 Å². The molecule has 0 saturated heterocycles. The van der Waals surface area contributed by atoms with Crippen LogP contribution < -0.4 is 0 Å². The maximum absolute atomic E-state index is 10.9. The van der Waals surface area contributed by atoms with E-state index in [1.165, 1.54) is 12.8 Å². The number of carbonyl (C=O) groups is 1. The monoisotopic (exact) mass is 212 g/mol. The second kappa shape index (κ2) is 5.64. The van der Waals surface area contributed by atoms with Crippen molar-refractivity contribution in [3.63, 3.8) is 0 Å². The molecule has 2 nitrogen and oxygen atoms in total. The summed E-state index contributed by atoms with van der Waals surface area (Å²) < 4.78 is 5.74. The van der Waals surface area contributed by atoms with E-state index in [0.29, 0.717) is 24.5 Å². The first kappa shape index (κ1) is 12.7. The number of ether oxygens (including phenoxy) is 1. The normalized spacial score (nSPS) is 31.9. The molecule has 1 rings (SSSR count). The minimum Gasteiger partial charge on any atom is -0.370 e. The van der Waals surface area contributed by atoms with Gasteiger partial charge in [0.25, 0.3) is 0 Å². The topological polar surface area (TPSA) is 26.3 Å². The summed E-state index contributed by atoms with van der Waals surface area (Å²) in [4.78, 5) is 10.9. The highest BCUT2D eigenvalue weighted by Crippen LogP contribution is 2.35. The molecule has 0 bridgehead atoms. The van der Waals surface area contributed by atoms with Crippen molar-refractivity contribution in [2.24, 2.45) is 17.8 Å². The summed E-state index contributed by atoms with van der Waals surface area (Å²) in [5, 5.41) is 0. The third-order valence-corrected chi connectivity index (χ3v) is 3.46. The van der Waals surface area contributed by atoms with Crippen molar-refractivity contribution >= 4 is 5.78 Å². The molecule has 0 heterocycles. The molecule has 1 aliphatic rings. The van der Waals surface area contributed by atoms with Crippen LogP contribution in [0.5, 0.6) is 0 Å². The highest BCUT2D eigenvalue weighted by molar-refractivity contribution is 5.76. The fraction of sp³-hybridized carbons (Fsp3) is 0.923. The predicted octanol–water partition coefficient (Wildman–Crippen LogP) is 3.05. The molecule has 0 radical (unpaired) electrons. The van der Waals surface area contributed by atoms with Gasteiger partial charge >= 0.3 is 0 Å². The van der Waals surface area contributed by atoms with Crippen molar-refractivity contribution in [1.29, 1.82) is 0 Å². The predicted molar refractivity (Wildman–Crippen MR) is 61.8 cm³/mol. The molecule has 3 atom stereocenters. The maximum Gasteiger partial charge on any atom is 0.155 e. The molecule has 0 aromatic heterocycles. The number of rotatable bonds is 4. The Morgan fingerprint density at radius 3 is 2.60 bits per heavy atom.